The number of rotatable bonds is 6. The number of methoxy groups -OCH3 is 1. The number of amides is 1. The lowest BCUT2D eigenvalue weighted by Gasteiger charge is -2.11. The highest BCUT2D eigenvalue weighted by atomic mass is 16.6. The fraction of sp³-hybridized carbons (Fsp3) is 0.250. The summed E-state index contributed by atoms with van der Waals surface area (Å²) in [6, 6.07) is 11.4. The van der Waals surface area contributed by atoms with Crippen LogP contribution in [0.15, 0.2) is 41.0 Å². The zero-order valence-electron chi connectivity index (χ0n) is 15.7. The topological polar surface area (TPSA) is 86.5 Å². The number of carbonyl (C=O) groups excluding carboxylic acids is 1. The van der Waals surface area contributed by atoms with Crippen molar-refractivity contribution in [1.82, 2.24) is 10.3 Å². The highest BCUT2D eigenvalue weighted by molar-refractivity contribution is 5.94. The van der Waals surface area contributed by atoms with E-state index in [0.29, 0.717) is 11.4 Å². The van der Waals surface area contributed by atoms with Crippen LogP contribution in [0.2, 0.25) is 0 Å². The molecule has 0 unspecified atom stereocenters. The molecule has 7 heteroatoms. The van der Waals surface area contributed by atoms with Crippen molar-refractivity contribution in [1.29, 1.82) is 0 Å². The monoisotopic (exact) mass is 367 g/mol. The first kappa shape index (κ1) is 18.4. The van der Waals surface area contributed by atoms with Crippen molar-refractivity contribution < 1.29 is 18.9 Å². The summed E-state index contributed by atoms with van der Waals surface area (Å²) in [5, 5.41) is 10.4. The van der Waals surface area contributed by atoms with E-state index < -0.39 is 0 Å². The first-order valence-electron chi connectivity index (χ1n) is 8.46. The zero-order valence-corrected chi connectivity index (χ0v) is 15.7. The molecule has 0 spiro atoms. The Balaban J connectivity index is 1.71. The number of para-hydroxylation sites is 1. The van der Waals surface area contributed by atoms with Gasteiger partial charge in [-0.05, 0) is 66.0 Å². The average molecular weight is 367 g/mol. The minimum Gasteiger partial charge on any atom is -0.496 e. The Kier molecular flexibility index (Phi) is 5.40. The van der Waals surface area contributed by atoms with E-state index >= 15 is 0 Å². The first-order chi connectivity index (χ1) is 13.0. The van der Waals surface area contributed by atoms with E-state index in [1.165, 1.54) is 0 Å². The van der Waals surface area contributed by atoms with Crippen molar-refractivity contribution in [3.8, 4) is 22.8 Å². The van der Waals surface area contributed by atoms with E-state index in [9.17, 15) is 4.79 Å². The zero-order chi connectivity index (χ0) is 19.4. The van der Waals surface area contributed by atoms with Crippen molar-refractivity contribution in [2.45, 2.75) is 20.8 Å². The van der Waals surface area contributed by atoms with Gasteiger partial charge in [-0.15, -0.1) is 0 Å². The maximum atomic E-state index is 12.3. The Morgan fingerprint density at radius 1 is 1.07 bits per heavy atom. The molecule has 0 bridgehead atoms. The normalized spacial score (nSPS) is 10.5. The minimum absolute atomic E-state index is 0.139. The highest BCUT2D eigenvalue weighted by Crippen LogP contribution is 2.29. The number of ether oxygens (including phenoxy) is 2. The van der Waals surface area contributed by atoms with Crippen molar-refractivity contribution in [2.75, 3.05) is 19.0 Å². The van der Waals surface area contributed by atoms with Gasteiger partial charge in [-0.25, -0.2) is 4.63 Å². The molecule has 1 N–H and O–H groups in total. The van der Waals surface area contributed by atoms with Gasteiger partial charge in [0.2, 0.25) is 5.82 Å². The molecule has 0 aliphatic heterocycles. The SMILES string of the molecule is COc1ccc(-c2nonc2NC(=O)COc2c(C)cccc2C)cc1C. The number of anilines is 1. The third kappa shape index (κ3) is 4.08. The van der Waals surface area contributed by atoms with Gasteiger partial charge in [0, 0.05) is 5.56 Å². The molecule has 0 radical (unpaired) electrons. The van der Waals surface area contributed by atoms with Gasteiger partial charge in [-0.2, -0.15) is 0 Å². The second-order valence-corrected chi connectivity index (χ2v) is 6.20. The van der Waals surface area contributed by atoms with E-state index in [4.69, 9.17) is 14.1 Å². The molecule has 3 aromatic rings. The summed E-state index contributed by atoms with van der Waals surface area (Å²) >= 11 is 0. The van der Waals surface area contributed by atoms with Gasteiger partial charge >= 0.3 is 0 Å². The Morgan fingerprint density at radius 3 is 2.48 bits per heavy atom. The number of carbonyl (C=O) groups is 1. The number of hydrogen-bond donors (Lipinski definition) is 1. The summed E-state index contributed by atoms with van der Waals surface area (Å²) in [7, 11) is 1.61. The van der Waals surface area contributed by atoms with Crippen LogP contribution >= 0.6 is 0 Å². The van der Waals surface area contributed by atoms with Crippen molar-refractivity contribution >= 4 is 11.7 Å². The van der Waals surface area contributed by atoms with Crippen LogP contribution in [-0.4, -0.2) is 29.9 Å². The quantitative estimate of drug-likeness (QED) is 0.715. The van der Waals surface area contributed by atoms with E-state index in [1.54, 1.807) is 7.11 Å². The summed E-state index contributed by atoms with van der Waals surface area (Å²) in [6.45, 7) is 5.66. The Bertz CT molecular complexity index is 945. The van der Waals surface area contributed by atoms with Crippen LogP contribution in [0, 0.1) is 20.8 Å². The fourth-order valence-electron chi connectivity index (χ4n) is 2.82. The molecule has 0 saturated carbocycles. The van der Waals surface area contributed by atoms with E-state index in [-0.39, 0.29) is 18.3 Å². The maximum Gasteiger partial charge on any atom is 0.263 e. The van der Waals surface area contributed by atoms with Crippen molar-refractivity contribution in [3.05, 3.63) is 53.1 Å². The lowest BCUT2D eigenvalue weighted by molar-refractivity contribution is -0.118. The average Bonchev–Trinajstić information content (AvgIpc) is 3.09. The van der Waals surface area contributed by atoms with Gasteiger partial charge < -0.3 is 14.8 Å². The van der Waals surface area contributed by atoms with Crippen LogP contribution in [0.5, 0.6) is 11.5 Å². The van der Waals surface area contributed by atoms with Crippen LogP contribution in [0.4, 0.5) is 5.82 Å². The second-order valence-electron chi connectivity index (χ2n) is 6.20. The molecule has 1 heterocycles. The molecule has 0 saturated heterocycles. The Morgan fingerprint density at radius 2 is 1.81 bits per heavy atom. The number of aromatic nitrogens is 2. The van der Waals surface area contributed by atoms with Gasteiger partial charge in [0.15, 0.2) is 12.3 Å². The second kappa shape index (κ2) is 7.90. The smallest absolute Gasteiger partial charge is 0.263 e. The number of benzene rings is 2. The highest BCUT2D eigenvalue weighted by Gasteiger charge is 2.17. The molecule has 2 aromatic carbocycles. The largest absolute Gasteiger partial charge is 0.496 e. The predicted molar refractivity (Wildman–Crippen MR) is 101 cm³/mol. The van der Waals surface area contributed by atoms with Crippen molar-refractivity contribution in [2.24, 2.45) is 0 Å². The number of aryl methyl sites for hydroxylation is 3. The predicted octanol–water partition coefficient (Wildman–Crippen LogP) is 3.69. The maximum absolute atomic E-state index is 12.3. The van der Waals surface area contributed by atoms with Gasteiger partial charge in [-0.3, -0.25) is 4.79 Å². The van der Waals surface area contributed by atoms with Crippen molar-refractivity contribution in [3.63, 3.8) is 0 Å². The summed E-state index contributed by atoms with van der Waals surface area (Å²) < 4.78 is 15.7. The molecule has 0 aliphatic carbocycles. The van der Waals surface area contributed by atoms with Crippen LogP contribution in [0.3, 0.4) is 0 Å². The van der Waals surface area contributed by atoms with E-state index in [1.807, 2.05) is 57.2 Å². The van der Waals surface area contributed by atoms with Gasteiger partial charge in [0.05, 0.1) is 7.11 Å². The summed E-state index contributed by atoms with van der Waals surface area (Å²) in [5.74, 6) is 1.37. The molecule has 1 amide bonds. The number of hydrogen-bond acceptors (Lipinski definition) is 6. The van der Waals surface area contributed by atoms with Crippen LogP contribution in [-0.2, 0) is 4.79 Å². The molecule has 0 atom stereocenters. The molecular formula is C20H21N3O4. The lowest BCUT2D eigenvalue weighted by Crippen LogP contribution is -2.21. The minimum atomic E-state index is -0.347. The summed E-state index contributed by atoms with van der Waals surface area (Å²) in [5.41, 5.74) is 4.09. The van der Waals surface area contributed by atoms with E-state index in [0.717, 1.165) is 28.0 Å². The number of nitrogens with zero attached hydrogens (tertiary/aromatic N) is 2. The molecule has 7 nitrogen and oxygen atoms in total. The van der Waals surface area contributed by atoms with Crippen LogP contribution < -0.4 is 14.8 Å². The molecule has 0 aliphatic rings. The molecule has 3 rings (SSSR count). The van der Waals surface area contributed by atoms with Crippen LogP contribution in [0.25, 0.3) is 11.3 Å². The Labute approximate surface area is 157 Å². The van der Waals surface area contributed by atoms with Gasteiger partial charge in [0.1, 0.15) is 11.5 Å². The lowest BCUT2D eigenvalue weighted by atomic mass is 10.1. The van der Waals surface area contributed by atoms with Gasteiger partial charge in [0.25, 0.3) is 5.91 Å². The standard InChI is InChI=1S/C20H21N3O4/c1-12-6-5-7-13(2)19(12)26-11-17(24)21-20-18(22-27-23-20)15-8-9-16(25-4)14(3)10-15/h5-10H,11H2,1-4H3,(H,21,23,24). The van der Waals surface area contributed by atoms with Gasteiger partial charge in [-0.1, -0.05) is 18.2 Å². The molecule has 0 fully saturated rings. The third-order valence-corrected chi connectivity index (χ3v) is 4.17. The molecule has 1 aromatic heterocycles. The fourth-order valence-corrected chi connectivity index (χ4v) is 2.82. The number of nitrogens with one attached hydrogen (secondary N) is 1. The third-order valence-electron chi connectivity index (χ3n) is 4.17. The molecule has 140 valence electrons. The Hall–Kier alpha value is -3.35. The first-order valence-corrected chi connectivity index (χ1v) is 8.46. The van der Waals surface area contributed by atoms with E-state index in [2.05, 4.69) is 15.6 Å². The van der Waals surface area contributed by atoms with Crippen LogP contribution in [0.1, 0.15) is 16.7 Å². The molecular weight excluding hydrogens is 346 g/mol. The molecule has 27 heavy (non-hydrogen) atoms. The summed E-state index contributed by atoms with van der Waals surface area (Å²) in [4.78, 5) is 12.3. The summed E-state index contributed by atoms with van der Waals surface area (Å²) in [6.07, 6.45) is 0.